The molecule has 0 unspecified atom stereocenters. The first-order valence-corrected chi connectivity index (χ1v) is 9.56. The van der Waals surface area contributed by atoms with Gasteiger partial charge in [-0.1, -0.05) is 0 Å². The minimum absolute atomic E-state index is 0.135. The molecule has 0 fully saturated rings. The molecule has 9 heteroatoms. The topological polar surface area (TPSA) is 108 Å². The van der Waals surface area contributed by atoms with Crippen molar-refractivity contribution in [3.8, 4) is 5.75 Å². The number of nitrogens with one attached hydrogen (secondary N) is 1. The highest BCUT2D eigenvalue weighted by Gasteiger charge is 2.11. The molecule has 1 amide bonds. The van der Waals surface area contributed by atoms with Crippen molar-refractivity contribution in [2.24, 2.45) is 0 Å². The Bertz CT molecular complexity index is 997. The zero-order valence-corrected chi connectivity index (χ0v) is 17.0. The number of nitrogens with zero attached hydrogens (tertiary/aromatic N) is 4. The van der Waals surface area contributed by atoms with Crippen molar-refractivity contribution in [1.82, 2.24) is 20.2 Å². The summed E-state index contributed by atoms with van der Waals surface area (Å²) < 4.78 is 12.3. The number of amides is 1. The molecule has 0 saturated heterocycles. The monoisotopic (exact) mass is 409 g/mol. The molecule has 1 N–H and O–H groups in total. The molecule has 0 spiro atoms. The fourth-order valence-corrected chi connectivity index (χ4v) is 2.67. The first-order chi connectivity index (χ1) is 14.5. The van der Waals surface area contributed by atoms with Crippen LogP contribution in [0.4, 0.5) is 5.69 Å². The molecule has 0 atom stereocenters. The Hall–Kier alpha value is -3.75. The van der Waals surface area contributed by atoms with E-state index in [1.165, 1.54) is 0 Å². The number of esters is 1. The second kappa shape index (κ2) is 9.64. The number of hydrogen-bond acceptors (Lipinski definition) is 7. The maximum atomic E-state index is 12.4. The minimum Gasteiger partial charge on any atom is -0.486 e. The lowest BCUT2D eigenvalue weighted by atomic mass is 10.1. The third-order valence-electron chi connectivity index (χ3n) is 4.19. The van der Waals surface area contributed by atoms with Crippen LogP contribution < -0.4 is 10.1 Å². The molecular weight excluding hydrogens is 386 g/mol. The summed E-state index contributed by atoms with van der Waals surface area (Å²) in [6.45, 7) is 6.25. The van der Waals surface area contributed by atoms with Crippen LogP contribution in [0.2, 0.25) is 0 Å². The second-order valence-corrected chi connectivity index (χ2v) is 6.70. The van der Waals surface area contributed by atoms with E-state index in [9.17, 15) is 9.59 Å². The Labute approximate surface area is 174 Å². The van der Waals surface area contributed by atoms with Crippen molar-refractivity contribution in [3.63, 3.8) is 0 Å². The molecule has 0 bridgehead atoms. The van der Waals surface area contributed by atoms with Gasteiger partial charge in [0.15, 0.2) is 5.82 Å². The summed E-state index contributed by atoms with van der Waals surface area (Å²) in [5, 5.41) is 14.3. The molecule has 9 nitrogen and oxygen atoms in total. The van der Waals surface area contributed by atoms with Crippen molar-refractivity contribution in [2.45, 2.75) is 33.4 Å². The van der Waals surface area contributed by atoms with E-state index in [1.54, 1.807) is 60.1 Å². The number of hydrogen-bond donors (Lipinski definition) is 1. The lowest BCUT2D eigenvalue weighted by Crippen LogP contribution is -2.12. The number of benzene rings is 2. The summed E-state index contributed by atoms with van der Waals surface area (Å²) in [5.41, 5.74) is 1.48. The van der Waals surface area contributed by atoms with Crippen LogP contribution in [-0.2, 0) is 11.3 Å². The fraction of sp³-hybridized carbons (Fsp3) is 0.286. The quantitative estimate of drug-likeness (QED) is 0.569. The molecule has 0 radical (unpaired) electrons. The van der Waals surface area contributed by atoms with E-state index in [-0.39, 0.29) is 18.6 Å². The van der Waals surface area contributed by atoms with E-state index < -0.39 is 5.97 Å². The zero-order chi connectivity index (χ0) is 21.5. The number of rotatable bonds is 8. The maximum Gasteiger partial charge on any atom is 0.338 e. The first-order valence-electron chi connectivity index (χ1n) is 9.56. The molecule has 1 heterocycles. The van der Waals surface area contributed by atoms with Crippen LogP contribution in [-0.4, -0.2) is 38.7 Å². The van der Waals surface area contributed by atoms with Crippen LogP contribution in [0.5, 0.6) is 5.75 Å². The van der Waals surface area contributed by atoms with Crippen molar-refractivity contribution in [2.75, 3.05) is 11.9 Å². The molecule has 0 saturated carbocycles. The largest absolute Gasteiger partial charge is 0.486 e. The van der Waals surface area contributed by atoms with E-state index in [1.807, 2.05) is 13.8 Å². The molecule has 2 aromatic carbocycles. The summed E-state index contributed by atoms with van der Waals surface area (Å²) in [5.74, 6) is 0.560. The molecule has 30 heavy (non-hydrogen) atoms. The van der Waals surface area contributed by atoms with E-state index in [0.717, 1.165) is 0 Å². The summed E-state index contributed by atoms with van der Waals surface area (Å²) in [6.07, 6.45) is 0. The molecule has 1 aromatic heterocycles. The Morgan fingerprint density at radius 1 is 1.03 bits per heavy atom. The SMILES string of the molecule is CCOC(=O)c1ccc(NC(=O)c2ccc(OCc3nnnn3C(C)C)cc2)cc1. The van der Waals surface area contributed by atoms with Gasteiger partial charge in [-0.25, -0.2) is 9.48 Å². The summed E-state index contributed by atoms with van der Waals surface area (Å²) in [6, 6.07) is 13.4. The number of tetrazole rings is 1. The van der Waals surface area contributed by atoms with E-state index in [4.69, 9.17) is 9.47 Å². The highest BCUT2D eigenvalue weighted by atomic mass is 16.5. The Kier molecular flexibility index (Phi) is 6.74. The number of aromatic nitrogens is 4. The molecule has 3 rings (SSSR count). The molecule has 3 aromatic rings. The Morgan fingerprint density at radius 2 is 1.70 bits per heavy atom. The van der Waals surface area contributed by atoms with E-state index >= 15 is 0 Å². The number of anilines is 1. The van der Waals surface area contributed by atoms with Crippen LogP contribution in [0, 0.1) is 0 Å². The van der Waals surface area contributed by atoms with Gasteiger partial charge in [0.2, 0.25) is 0 Å². The standard InChI is InChI=1S/C21H23N5O4/c1-4-29-21(28)16-5-9-17(10-6-16)22-20(27)15-7-11-18(12-8-15)30-13-19-23-24-25-26(19)14(2)3/h5-12,14H,4,13H2,1-3H3,(H,22,27). The van der Waals surface area contributed by atoms with Gasteiger partial charge in [0, 0.05) is 11.3 Å². The zero-order valence-electron chi connectivity index (χ0n) is 17.0. The predicted molar refractivity (Wildman–Crippen MR) is 109 cm³/mol. The van der Waals surface area contributed by atoms with Gasteiger partial charge in [-0.2, -0.15) is 0 Å². The van der Waals surface area contributed by atoms with Crippen LogP contribution >= 0.6 is 0 Å². The molecular formula is C21H23N5O4. The summed E-state index contributed by atoms with van der Waals surface area (Å²) in [7, 11) is 0. The van der Waals surface area contributed by atoms with E-state index in [0.29, 0.717) is 35.0 Å². The van der Waals surface area contributed by atoms with Crippen molar-refractivity contribution >= 4 is 17.6 Å². The highest BCUT2D eigenvalue weighted by molar-refractivity contribution is 6.04. The predicted octanol–water partition coefficient (Wildman–Crippen LogP) is 3.26. The number of ether oxygens (including phenoxy) is 2. The molecule has 156 valence electrons. The smallest absolute Gasteiger partial charge is 0.338 e. The van der Waals surface area contributed by atoms with Gasteiger partial charge in [-0.15, -0.1) is 5.10 Å². The number of carbonyl (C=O) groups excluding carboxylic acids is 2. The lowest BCUT2D eigenvalue weighted by Gasteiger charge is -2.10. The molecule has 0 aliphatic carbocycles. The van der Waals surface area contributed by atoms with Crippen LogP contribution in [0.25, 0.3) is 0 Å². The maximum absolute atomic E-state index is 12.4. The van der Waals surface area contributed by atoms with Gasteiger partial charge < -0.3 is 14.8 Å². The van der Waals surface area contributed by atoms with Gasteiger partial charge >= 0.3 is 5.97 Å². The summed E-state index contributed by atoms with van der Waals surface area (Å²) >= 11 is 0. The normalized spacial score (nSPS) is 10.7. The van der Waals surface area contributed by atoms with Gasteiger partial charge in [-0.3, -0.25) is 4.79 Å². The minimum atomic E-state index is -0.395. The van der Waals surface area contributed by atoms with Crippen LogP contribution in [0.3, 0.4) is 0 Å². The second-order valence-electron chi connectivity index (χ2n) is 6.70. The van der Waals surface area contributed by atoms with Gasteiger partial charge in [-0.05, 0) is 79.7 Å². The third kappa shape index (κ3) is 5.19. The fourth-order valence-electron chi connectivity index (χ4n) is 2.67. The van der Waals surface area contributed by atoms with Gasteiger partial charge in [0.1, 0.15) is 12.4 Å². The van der Waals surface area contributed by atoms with Crippen LogP contribution in [0.15, 0.2) is 48.5 Å². The molecule has 0 aliphatic heterocycles. The third-order valence-corrected chi connectivity index (χ3v) is 4.19. The van der Waals surface area contributed by atoms with Crippen LogP contribution in [0.1, 0.15) is 53.4 Å². The number of carbonyl (C=O) groups is 2. The van der Waals surface area contributed by atoms with Crippen molar-refractivity contribution in [1.29, 1.82) is 0 Å². The van der Waals surface area contributed by atoms with Gasteiger partial charge in [0.25, 0.3) is 5.91 Å². The van der Waals surface area contributed by atoms with Gasteiger partial charge in [0.05, 0.1) is 18.2 Å². The lowest BCUT2D eigenvalue weighted by molar-refractivity contribution is 0.0526. The van der Waals surface area contributed by atoms with Crippen molar-refractivity contribution in [3.05, 3.63) is 65.5 Å². The Morgan fingerprint density at radius 3 is 2.33 bits per heavy atom. The molecule has 0 aliphatic rings. The summed E-state index contributed by atoms with van der Waals surface area (Å²) in [4.78, 5) is 24.1. The average Bonchev–Trinajstić information content (AvgIpc) is 3.22. The average molecular weight is 409 g/mol. The van der Waals surface area contributed by atoms with Crippen molar-refractivity contribution < 1.29 is 19.1 Å². The Balaban J connectivity index is 1.57. The van der Waals surface area contributed by atoms with E-state index in [2.05, 4.69) is 20.8 Å². The first kappa shape index (κ1) is 21.0. The highest BCUT2D eigenvalue weighted by Crippen LogP contribution is 2.17.